The van der Waals surface area contributed by atoms with Crippen LogP contribution in [0.1, 0.15) is 97.3 Å². The molecule has 0 fully saturated rings. The van der Waals surface area contributed by atoms with Gasteiger partial charge in [0.05, 0.1) is 12.0 Å². The van der Waals surface area contributed by atoms with Crippen LogP contribution in [0.3, 0.4) is 0 Å². The molecule has 0 aromatic rings. The molecule has 0 aliphatic rings. The molecule has 0 rings (SSSR count). The van der Waals surface area contributed by atoms with Crippen LogP contribution in [0, 0.1) is 5.92 Å². The minimum atomic E-state index is -0.608. The van der Waals surface area contributed by atoms with Crippen LogP contribution in [-0.4, -0.2) is 22.3 Å². The third kappa shape index (κ3) is 14.1. The van der Waals surface area contributed by atoms with Crippen molar-refractivity contribution in [1.82, 2.24) is 0 Å². The molecular formula is C18H36O3. The van der Waals surface area contributed by atoms with E-state index in [2.05, 4.69) is 6.92 Å². The van der Waals surface area contributed by atoms with Crippen LogP contribution in [0.5, 0.6) is 0 Å². The maximum atomic E-state index is 11.2. The van der Waals surface area contributed by atoms with Gasteiger partial charge < -0.3 is 10.2 Å². The van der Waals surface area contributed by atoms with Gasteiger partial charge in [0.2, 0.25) is 0 Å². The topological polar surface area (TPSA) is 57.5 Å². The molecule has 0 heterocycles. The highest BCUT2D eigenvalue weighted by molar-refractivity contribution is 5.69. The Morgan fingerprint density at radius 2 is 1.24 bits per heavy atom. The fourth-order valence-electron chi connectivity index (χ4n) is 2.75. The van der Waals surface area contributed by atoms with Crippen LogP contribution >= 0.6 is 0 Å². The van der Waals surface area contributed by atoms with E-state index in [0.717, 1.165) is 44.9 Å². The molecule has 0 aliphatic heterocycles. The van der Waals surface area contributed by atoms with E-state index in [4.69, 9.17) is 5.11 Å². The van der Waals surface area contributed by atoms with Crippen molar-refractivity contribution >= 4 is 5.97 Å². The average Bonchev–Trinajstić information content (AvgIpc) is 2.43. The summed E-state index contributed by atoms with van der Waals surface area (Å²) in [5.41, 5.74) is 0. The van der Waals surface area contributed by atoms with E-state index in [1.807, 2.05) is 6.92 Å². The normalized spacial score (nSPS) is 14.0. The number of carboxylic acid groups (broad SMARTS) is 1. The number of carboxylic acids is 1. The number of hydrogen-bond acceptors (Lipinski definition) is 2. The second kappa shape index (κ2) is 14.4. The second-order valence-corrected chi connectivity index (χ2v) is 6.43. The summed E-state index contributed by atoms with van der Waals surface area (Å²) in [6.45, 7) is 4.02. The van der Waals surface area contributed by atoms with Crippen molar-refractivity contribution in [2.75, 3.05) is 0 Å². The van der Waals surface area contributed by atoms with Crippen LogP contribution in [-0.2, 0) is 4.79 Å². The number of unbranched alkanes of at least 4 members (excludes halogenated alkanes) is 8. The van der Waals surface area contributed by atoms with Gasteiger partial charge in [-0.05, 0) is 26.2 Å². The van der Waals surface area contributed by atoms with Gasteiger partial charge in [-0.2, -0.15) is 0 Å². The van der Waals surface area contributed by atoms with Crippen LogP contribution in [0.25, 0.3) is 0 Å². The van der Waals surface area contributed by atoms with Crippen molar-refractivity contribution in [3.8, 4) is 0 Å². The Hall–Kier alpha value is -0.570. The molecule has 3 nitrogen and oxygen atoms in total. The van der Waals surface area contributed by atoms with Gasteiger partial charge in [-0.15, -0.1) is 0 Å². The van der Waals surface area contributed by atoms with Crippen LogP contribution in [0.15, 0.2) is 0 Å². The number of aliphatic carboxylic acids is 1. The molecule has 0 aromatic heterocycles. The third-order valence-electron chi connectivity index (χ3n) is 4.18. The second-order valence-electron chi connectivity index (χ2n) is 6.43. The van der Waals surface area contributed by atoms with E-state index < -0.39 is 5.97 Å². The van der Waals surface area contributed by atoms with Gasteiger partial charge >= 0.3 is 5.97 Å². The molecule has 21 heavy (non-hydrogen) atoms. The number of aliphatic hydroxyl groups is 1. The lowest BCUT2D eigenvalue weighted by Gasteiger charge is -2.12. The Morgan fingerprint density at radius 1 is 0.810 bits per heavy atom. The predicted octanol–water partition coefficient (Wildman–Crippen LogP) is 5.16. The first kappa shape index (κ1) is 20.4. The van der Waals surface area contributed by atoms with Crippen molar-refractivity contribution < 1.29 is 15.0 Å². The molecule has 126 valence electrons. The molecule has 0 amide bonds. The lowest BCUT2D eigenvalue weighted by molar-refractivity contribution is -0.142. The van der Waals surface area contributed by atoms with Crippen molar-refractivity contribution in [1.29, 1.82) is 0 Å². The van der Waals surface area contributed by atoms with Gasteiger partial charge in [0.15, 0.2) is 0 Å². The Labute approximate surface area is 131 Å². The van der Waals surface area contributed by atoms with Crippen LogP contribution in [0.2, 0.25) is 0 Å². The van der Waals surface area contributed by atoms with Gasteiger partial charge in [-0.3, -0.25) is 4.79 Å². The highest BCUT2D eigenvalue weighted by Crippen LogP contribution is 2.19. The number of aliphatic hydroxyl groups excluding tert-OH is 1. The van der Waals surface area contributed by atoms with E-state index in [1.54, 1.807) is 0 Å². The molecular weight excluding hydrogens is 264 g/mol. The number of rotatable bonds is 15. The summed E-state index contributed by atoms with van der Waals surface area (Å²) >= 11 is 0. The quantitative estimate of drug-likeness (QED) is 0.411. The van der Waals surface area contributed by atoms with Crippen molar-refractivity contribution in [3.63, 3.8) is 0 Å². The zero-order valence-corrected chi connectivity index (χ0v) is 14.1. The van der Waals surface area contributed by atoms with Gasteiger partial charge in [0.25, 0.3) is 0 Å². The zero-order valence-electron chi connectivity index (χ0n) is 14.1. The van der Waals surface area contributed by atoms with Crippen molar-refractivity contribution in [2.45, 2.75) is 103 Å². The van der Waals surface area contributed by atoms with Gasteiger partial charge in [0, 0.05) is 0 Å². The van der Waals surface area contributed by atoms with E-state index in [-0.39, 0.29) is 12.0 Å². The molecule has 2 unspecified atom stereocenters. The summed E-state index contributed by atoms with van der Waals surface area (Å²) in [5.74, 6) is -0.736. The Balaban J connectivity index is 3.49. The Kier molecular flexibility index (Phi) is 14.0. The lowest BCUT2D eigenvalue weighted by Crippen LogP contribution is -2.13. The van der Waals surface area contributed by atoms with Crippen molar-refractivity contribution in [3.05, 3.63) is 0 Å². The highest BCUT2D eigenvalue weighted by Gasteiger charge is 2.16. The largest absolute Gasteiger partial charge is 0.481 e. The van der Waals surface area contributed by atoms with E-state index in [9.17, 15) is 9.90 Å². The zero-order chi connectivity index (χ0) is 15.9. The van der Waals surface area contributed by atoms with E-state index >= 15 is 0 Å². The SMILES string of the molecule is CCCCCCC(CCCCCCCCC(C)O)C(=O)O. The molecule has 0 radical (unpaired) electrons. The molecule has 0 spiro atoms. The van der Waals surface area contributed by atoms with Gasteiger partial charge in [0.1, 0.15) is 0 Å². The van der Waals surface area contributed by atoms with E-state index in [1.165, 1.54) is 38.5 Å². The lowest BCUT2D eigenvalue weighted by atomic mass is 9.94. The molecule has 0 saturated heterocycles. The smallest absolute Gasteiger partial charge is 0.306 e. The monoisotopic (exact) mass is 300 g/mol. The summed E-state index contributed by atoms with van der Waals surface area (Å²) in [7, 11) is 0. The average molecular weight is 300 g/mol. The molecule has 0 aliphatic carbocycles. The summed E-state index contributed by atoms with van der Waals surface area (Å²) < 4.78 is 0. The fraction of sp³-hybridized carbons (Fsp3) is 0.944. The highest BCUT2D eigenvalue weighted by atomic mass is 16.4. The standard InChI is InChI=1S/C18H36O3/c1-3-4-5-11-14-17(18(20)21)15-12-9-7-6-8-10-13-16(2)19/h16-17,19H,3-15H2,1-2H3,(H,20,21). The molecule has 0 saturated carbocycles. The van der Waals surface area contributed by atoms with Crippen LogP contribution < -0.4 is 0 Å². The van der Waals surface area contributed by atoms with Gasteiger partial charge in [-0.25, -0.2) is 0 Å². The molecule has 0 bridgehead atoms. The van der Waals surface area contributed by atoms with Crippen molar-refractivity contribution in [2.24, 2.45) is 5.92 Å². The van der Waals surface area contributed by atoms with E-state index in [0.29, 0.717) is 0 Å². The third-order valence-corrected chi connectivity index (χ3v) is 4.18. The maximum absolute atomic E-state index is 11.2. The Bertz CT molecular complexity index is 239. The fourth-order valence-corrected chi connectivity index (χ4v) is 2.75. The number of carbonyl (C=O) groups is 1. The minimum absolute atomic E-state index is 0.128. The minimum Gasteiger partial charge on any atom is -0.481 e. The summed E-state index contributed by atoms with van der Waals surface area (Å²) in [4.78, 5) is 11.2. The van der Waals surface area contributed by atoms with Crippen LogP contribution in [0.4, 0.5) is 0 Å². The van der Waals surface area contributed by atoms with Gasteiger partial charge in [-0.1, -0.05) is 71.1 Å². The summed E-state index contributed by atoms with van der Waals surface area (Å²) in [6.07, 6.45) is 14.0. The first-order valence-corrected chi connectivity index (χ1v) is 8.98. The molecule has 0 aromatic carbocycles. The summed E-state index contributed by atoms with van der Waals surface area (Å²) in [5, 5.41) is 18.4. The predicted molar refractivity (Wildman–Crippen MR) is 88.5 cm³/mol. The summed E-state index contributed by atoms with van der Waals surface area (Å²) in [6, 6.07) is 0. The molecule has 2 N–H and O–H groups in total. The molecule has 2 atom stereocenters. The molecule has 3 heteroatoms. The first-order chi connectivity index (χ1) is 10.1. The Morgan fingerprint density at radius 3 is 1.67 bits per heavy atom. The first-order valence-electron chi connectivity index (χ1n) is 8.98. The maximum Gasteiger partial charge on any atom is 0.306 e. The number of hydrogen-bond donors (Lipinski definition) is 2.